The molecule has 0 aliphatic heterocycles. The number of H-pyrrole nitrogens is 2. The van der Waals surface area contributed by atoms with Crippen LogP contribution in [0.4, 0.5) is 0 Å². The van der Waals surface area contributed by atoms with E-state index < -0.39 is 0 Å². The number of imidazole rings is 1. The Balaban J connectivity index is 1.71. The van der Waals surface area contributed by atoms with Crippen molar-refractivity contribution in [2.24, 2.45) is 0 Å². The van der Waals surface area contributed by atoms with Crippen molar-refractivity contribution in [2.45, 2.75) is 25.2 Å². The zero-order valence-corrected chi connectivity index (χ0v) is 12.8. The second kappa shape index (κ2) is 4.80. The molecule has 0 amide bonds. The average Bonchev–Trinajstić information content (AvgIpc) is 3.22. The minimum Gasteiger partial charge on any atom is -0.342 e. The quantitative estimate of drug-likeness (QED) is 0.767. The minimum atomic E-state index is -0.113. The van der Waals surface area contributed by atoms with Gasteiger partial charge in [0.05, 0.1) is 23.1 Å². The van der Waals surface area contributed by atoms with Crippen LogP contribution < -0.4 is 5.56 Å². The molecule has 1 fully saturated rings. The molecule has 1 saturated carbocycles. The Bertz CT molecular complexity index is 846. The van der Waals surface area contributed by atoms with Gasteiger partial charge in [-0.05, 0) is 40.9 Å². The Hall–Kier alpha value is -1.95. The summed E-state index contributed by atoms with van der Waals surface area (Å²) in [6, 6.07) is 7.87. The molecule has 0 atom stereocenters. The van der Waals surface area contributed by atoms with Crippen molar-refractivity contribution in [3.05, 3.63) is 56.4 Å². The fraction of sp³-hybridized carbons (Fsp3) is 0.267. The number of aromatic amines is 2. The van der Waals surface area contributed by atoms with E-state index in [1.807, 2.05) is 24.3 Å². The molecule has 5 nitrogen and oxygen atoms in total. The molecule has 2 aromatic heterocycles. The molecular weight excluding hydrogens is 332 g/mol. The second-order valence-electron chi connectivity index (χ2n) is 5.36. The number of benzene rings is 1. The summed E-state index contributed by atoms with van der Waals surface area (Å²) >= 11 is 3.34. The van der Waals surface area contributed by atoms with Gasteiger partial charge in [-0.3, -0.25) is 4.79 Å². The highest BCUT2D eigenvalue weighted by molar-refractivity contribution is 9.10. The van der Waals surface area contributed by atoms with E-state index in [4.69, 9.17) is 0 Å². The highest BCUT2D eigenvalue weighted by Crippen LogP contribution is 2.41. The van der Waals surface area contributed by atoms with Crippen molar-refractivity contribution in [3.63, 3.8) is 0 Å². The fourth-order valence-electron chi connectivity index (χ4n) is 2.48. The largest absolute Gasteiger partial charge is 0.342 e. The van der Waals surface area contributed by atoms with E-state index in [1.54, 1.807) is 0 Å². The normalized spacial score (nSPS) is 14.7. The molecule has 21 heavy (non-hydrogen) atoms. The molecule has 0 unspecified atom stereocenters. The Kier molecular flexibility index (Phi) is 2.92. The van der Waals surface area contributed by atoms with E-state index >= 15 is 0 Å². The van der Waals surface area contributed by atoms with Crippen LogP contribution in [0.1, 0.15) is 36.1 Å². The summed E-state index contributed by atoms with van der Waals surface area (Å²) in [4.78, 5) is 27.2. The lowest BCUT2D eigenvalue weighted by molar-refractivity contribution is 0.849. The fourth-order valence-corrected chi connectivity index (χ4v) is 3.00. The third-order valence-electron chi connectivity index (χ3n) is 3.67. The number of fused-ring (bicyclic) bond motifs is 1. The summed E-state index contributed by atoms with van der Waals surface area (Å²) in [6.07, 6.45) is 2.72. The Labute approximate surface area is 129 Å². The summed E-state index contributed by atoms with van der Waals surface area (Å²) in [5.41, 5.74) is 2.69. The molecule has 3 aromatic rings. The highest BCUT2D eigenvalue weighted by atomic mass is 79.9. The molecular formula is C15H13BrN4O. The van der Waals surface area contributed by atoms with E-state index in [0.29, 0.717) is 22.6 Å². The zero-order chi connectivity index (χ0) is 14.4. The first kappa shape index (κ1) is 12.8. The van der Waals surface area contributed by atoms with Crippen LogP contribution in [-0.4, -0.2) is 19.9 Å². The summed E-state index contributed by atoms with van der Waals surface area (Å²) in [6.45, 7) is 0. The average molecular weight is 345 g/mol. The Morgan fingerprint density at radius 3 is 2.67 bits per heavy atom. The number of hydrogen-bond donors (Lipinski definition) is 2. The van der Waals surface area contributed by atoms with Gasteiger partial charge < -0.3 is 9.97 Å². The molecule has 1 aliphatic carbocycles. The summed E-state index contributed by atoms with van der Waals surface area (Å²) in [5, 5.41) is 0. The van der Waals surface area contributed by atoms with Crippen molar-refractivity contribution in [2.75, 3.05) is 0 Å². The molecule has 1 aliphatic rings. The van der Waals surface area contributed by atoms with Crippen LogP contribution in [0.25, 0.3) is 11.0 Å². The van der Waals surface area contributed by atoms with E-state index in [9.17, 15) is 4.79 Å². The first-order valence-electron chi connectivity index (χ1n) is 6.93. The second-order valence-corrected chi connectivity index (χ2v) is 6.16. The first-order chi connectivity index (χ1) is 10.2. The third-order valence-corrected chi connectivity index (χ3v) is 4.44. The Morgan fingerprint density at radius 1 is 1.14 bits per heavy atom. The maximum atomic E-state index is 12.0. The molecule has 6 heteroatoms. The van der Waals surface area contributed by atoms with Crippen LogP contribution in [0.5, 0.6) is 0 Å². The number of nitrogens with one attached hydrogen (secondary N) is 2. The SMILES string of the molecule is O=c1[nH]c(Cc2nc3ccccc3[nH]2)nc(C2CC2)c1Br. The molecule has 1 aromatic carbocycles. The molecule has 0 spiro atoms. The molecule has 0 saturated heterocycles. The van der Waals surface area contributed by atoms with Crippen LogP contribution in [0.2, 0.25) is 0 Å². The molecule has 0 bridgehead atoms. The minimum absolute atomic E-state index is 0.113. The van der Waals surface area contributed by atoms with Gasteiger partial charge in [-0.1, -0.05) is 12.1 Å². The predicted molar refractivity (Wildman–Crippen MR) is 83.4 cm³/mol. The topological polar surface area (TPSA) is 74.4 Å². The standard InChI is InChI=1S/C15H13BrN4O/c16-13-14(8-5-6-8)19-12(20-15(13)21)7-11-17-9-3-1-2-4-10(9)18-11/h1-4,8H,5-7H2,(H,17,18)(H,19,20,21). The van der Waals surface area contributed by atoms with E-state index in [0.717, 1.165) is 35.4 Å². The van der Waals surface area contributed by atoms with Crippen molar-refractivity contribution >= 4 is 27.0 Å². The number of aromatic nitrogens is 4. The van der Waals surface area contributed by atoms with E-state index in [-0.39, 0.29) is 5.56 Å². The van der Waals surface area contributed by atoms with Gasteiger partial charge in [-0.2, -0.15) is 0 Å². The van der Waals surface area contributed by atoms with Crippen molar-refractivity contribution in [1.82, 2.24) is 19.9 Å². The number of halogens is 1. The van der Waals surface area contributed by atoms with Crippen LogP contribution in [-0.2, 0) is 6.42 Å². The maximum Gasteiger partial charge on any atom is 0.265 e. The van der Waals surface area contributed by atoms with Crippen molar-refractivity contribution < 1.29 is 0 Å². The zero-order valence-electron chi connectivity index (χ0n) is 11.2. The van der Waals surface area contributed by atoms with Crippen LogP contribution >= 0.6 is 15.9 Å². The van der Waals surface area contributed by atoms with E-state index in [2.05, 4.69) is 35.9 Å². The maximum absolute atomic E-state index is 12.0. The predicted octanol–water partition coefficient (Wildman–Crippen LogP) is 2.88. The van der Waals surface area contributed by atoms with Gasteiger partial charge in [-0.15, -0.1) is 0 Å². The van der Waals surface area contributed by atoms with Crippen LogP contribution in [0.3, 0.4) is 0 Å². The summed E-state index contributed by atoms with van der Waals surface area (Å²) in [7, 11) is 0. The van der Waals surface area contributed by atoms with Gasteiger partial charge in [0, 0.05) is 5.92 Å². The number of para-hydroxylation sites is 2. The number of rotatable bonds is 3. The summed E-state index contributed by atoms with van der Waals surface area (Å²) < 4.78 is 0.568. The number of nitrogens with zero attached hydrogens (tertiary/aromatic N) is 2. The van der Waals surface area contributed by atoms with E-state index in [1.165, 1.54) is 0 Å². The highest BCUT2D eigenvalue weighted by Gasteiger charge is 2.28. The van der Waals surface area contributed by atoms with Gasteiger partial charge in [0.1, 0.15) is 16.1 Å². The van der Waals surface area contributed by atoms with Gasteiger partial charge in [0.2, 0.25) is 0 Å². The van der Waals surface area contributed by atoms with Gasteiger partial charge in [0.25, 0.3) is 5.56 Å². The van der Waals surface area contributed by atoms with Crippen LogP contribution in [0.15, 0.2) is 33.5 Å². The molecule has 2 heterocycles. The van der Waals surface area contributed by atoms with Gasteiger partial charge in [-0.25, -0.2) is 9.97 Å². The first-order valence-corrected chi connectivity index (χ1v) is 7.72. The van der Waals surface area contributed by atoms with Gasteiger partial charge in [0.15, 0.2) is 0 Å². The summed E-state index contributed by atoms with van der Waals surface area (Å²) in [5.74, 6) is 1.89. The molecule has 4 rings (SSSR count). The molecule has 2 N–H and O–H groups in total. The number of hydrogen-bond acceptors (Lipinski definition) is 3. The lowest BCUT2D eigenvalue weighted by Gasteiger charge is -2.04. The molecule has 0 radical (unpaired) electrons. The van der Waals surface area contributed by atoms with Gasteiger partial charge >= 0.3 is 0 Å². The monoisotopic (exact) mass is 344 g/mol. The third kappa shape index (κ3) is 2.40. The smallest absolute Gasteiger partial charge is 0.265 e. The van der Waals surface area contributed by atoms with Crippen molar-refractivity contribution in [1.29, 1.82) is 0 Å². The Morgan fingerprint density at radius 2 is 1.90 bits per heavy atom. The van der Waals surface area contributed by atoms with Crippen LogP contribution in [0, 0.1) is 0 Å². The molecule has 106 valence electrons. The van der Waals surface area contributed by atoms with Crippen molar-refractivity contribution in [3.8, 4) is 0 Å². The lowest BCUT2D eigenvalue weighted by atomic mass is 10.2. The lowest BCUT2D eigenvalue weighted by Crippen LogP contribution is -2.16.